The highest BCUT2D eigenvalue weighted by Crippen LogP contribution is 2.32. The van der Waals surface area contributed by atoms with Gasteiger partial charge < -0.3 is 14.6 Å². The molecule has 1 aromatic carbocycles. The van der Waals surface area contributed by atoms with E-state index in [2.05, 4.69) is 5.43 Å². The summed E-state index contributed by atoms with van der Waals surface area (Å²) < 4.78 is 10.2. The minimum absolute atomic E-state index is 0.398. The summed E-state index contributed by atoms with van der Waals surface area (Å²) in [6.07, 6.45) is 0. The lowest BCUT2D eigenvalue weighted by atomic mass is 9.92. The van der Waals surface area contributed by atoms with Gasteiger partial charge in [0, 0.05) is 5.56 Å². The van der Waals surface area contributed by atoms with Crippen molar-refractivity contribution < 1.29 is 19.4 Å². The number of hydrogen-bond acceptors (Lipinski definition) is 5. The second-order valence-electron chi connectivity index (χ2n) is 3.64. The molecule has 0 aliphatic rings. The summed E-state index contributed by atoms with van der Waals surface area (Å²) in [4.78, 5) is 11.3. The van der Waals surface area contributed by atoms with Crippen molar-refractivity contribution in [2.75, 3.05) is 14.2 Å². The second-order valence-corrected chi connectivity index (χ2v) is 3.64. The molecule has 0 saturated carbocycles. The Balaban J connectivity index is 3.39. The van der Waals surface area contributed by atoms with E-state index in [1.165, 1.54) is 21.1 Å². The minimum atomic E-state index is -1.44. The Hall–Kier alpha value is -1.79. The van der Waals surface area contributed by atoms with Crippen LogP contribution in [0.3, 0.4) is 0 Å². The van der Waals surface area contributed by atoms with Crippen LogP contribution in [0.25, 0.3) is 0 Å². The number of nitrogens with one attached hydrogen (secondary N) is 1. The van der Waals surface area contributed by atoms with E-state index in [1.54, 1.807) is 18.2 Å². The molecule has 0 saturated heterocycles. The molecule has 1 unspecified atom stereocenters. The summed E-state index contributed by atoms with van der Waals surface area (Å²) in [6.45, 7) is 1.45. The lowest BCUT2D eigenvalue weighted by Crippen LogP contribution is -2.50. The molecule has 6 nitrogen and oxygen atoms in total. The maximum Gasteiger partial charge on any atom is 0.329 e. The number of aliphatic carboxylic acids is 1. The van der Waals surface area contributed by atoms with Gasteiger partial charge in [0.25, 0.3) is 0 Å². The van der Waals surface area contributed by atoms with E-state index >= 15 is 0 Å². The molecule has 6 heteroatoms. The number of carbonyl (C=O) groups is 1. The van der Waals surface area contributed by atoms with Crippen LogP contribution in [0.5, 0.6) is 11.5 Å². The predicted octanol–water partition coefficient (Wildman–Crippen LogP) is 0.467. The van der Waals surface area contributed by atoms with Gasteiger partial charge in [0.2, 0.25) is 0 Å². The molecule has 0 aliphatic heterocycles. The van der Waals surface area contributed by atoms with E-state index < -0.39 is 11.5 Å². The average Bonchev–Trinajstić information content (AvgIpc) is 2.36. The third-order valence-corrected chi connectivity index (χ3v) is 2.66. The molecule has 0 fully saturated rings. The van der Waals surface area contributed by atoms with Crippen molar-refractivity contribution >= 4 is 5.97 Å². The highest BCUT2D eigenvalue weighted by molar-refractivity contribution is 5.81. The zero-order chi connectivity index (χ0) is 13.1. The molecular formula is C11H16N2O4. The van der Waals surface area contributed by atoms with E-state index in [1.807, 2.05) is 0 Å². The summed E-state index contributed by atoms with van der Waals surface area (Å²) in [5, 5.41) is 9.23. The third kappa shape index (κ3) is 2.32. The molecule has 17 heavy (non-hydrogen) atoms. The van der Waals surface area contributed by atoms with Crippen molar-refractivity contribution in [1.82, 2.24) is 5.43 Å². The molecule has 0 amide bonds. The van der Waals surface area contributed by atoms with Crippen molar-refractivity contribution in [2.45, 2.75) is 12.5 Å². The van der Waals surface area contributed by atoms with E-state index in [0.29, 0.717) is 17.1 Å². The molecule has 4 N–H and O–H groups in total. The van der Waals surface area contributed by atoms with Crippen LogP contribution in [0, 0.1) is 0 Å². The van der Waals surface area contributed by atoms with Gasteiger partial charge in [-0.1, -0.05) is 0 Å². The van der Waals surface area contributed by atoms with Crippen LogP contribution in [-0.2, 0) is 10.3 Å². The van der Waals surface area contributed by atoms with Gasteiger partial charge in [0.15, 0.2) is 5.54 Å². The summed E-state index contributed by atoms with van der Waals surface area (Å²) in [7, 11) is 2.96. The Kier molecular flexibility index (Phi) is 3.93. The number of carboxylic acid groups (broad SMARTS) is 1. The van der Waals surface area contributed by atoms with E-state index in [4.69, 9.17) is 15.3 Å². The standard InChI is InChI=1S/C11H16N2O4/c1-11(13-12,10(14)15)8-6-7(16-2)4-5-9(8)17-3/h4-6,13H,12H2,1-3H3,(H,14,15). The van der Waals surface area contributed by atoms with Crippen LogP contribution < -0.4 is 20.7 Å². The summed E-state index contributed by atoms with van der Waals surface area (Å²) in [5.74, 6) is 5.18. The van der Waals surface area contributed by atoms with Crippen molar-refractivity contribution in [2.24, 2.45) is 5.84 Å². The van der Waals surface area contributed by atoms with Crippen molar-refractivity contribution in [1.29, 1.82) is 0 Å². The van der Waals surface area contributed by atoms with E-state index in [0.717, 1.165) is 0 Å². The van der Waals surface area contributed by atoms with E-state index in [9.17, 15) is 9.90 Å². The van der Waals surface area contributed by atoms with Crippen LogP contribution in [0.2, 0.25) is 0 Å². The number of benzene rings is 1. The lowest BCUT2D eigenvalue weighted by Gasteiger charge is -2.26. The first-order chi connectivity index (χ1) is 7.99. The van der Waals surface area contributed by atoms with Gasteiger partial charge in [-0.2, -0.15) is 0 Å². The third-order valence-electron chi connectivity index (χ3n) is 2.66. The fourth-order valence-electron chi connectivity index (χ4n) is 1.46. The summed E-state index contributed by atoms with van der Waals surface area (Å²) in [5.41, 5.74) is 1.24. The highest BCUT2D eigenvalue weighted by Gasteiger charge is 2.37. The lowest BCUT2D eigenvalue weighted by molar-refractivity contribution is -0.144. The molecule has 0 spiro atoms. The van der Waals surface area contributed by atoms with Crippen molar-refractivity contribution in [3.8, 4) is 11.5 Å². The van der Waals surface area contributed by atoms with E-state index in [-0.39, 0.29) is 0 Å². The Morgan fingerprint density at radius 1 is 1.41 bits per heavy atom. The summed E-state index contributed by atoms with van der Waals surface area (Å²) in [6, 6.07) is 4.89. The molecule has 0 heterocycles. The molecule has 0 radical (unpaired) electrons. The quantitative estimate of drug-likeness (QED) is 0.511. The molecule has 1 aromatic rings. The SMILES string of the molecule is COc1ccc(OC)c(C(C)(NN)C(=O)O)c1. The number of rotatable bonds is 5. The Morgan fingerprint density at radius 3 is 2.47 bits per heavy atom. The van der Waals surface area contributed by atoms with Gasteiger partial charge in [-0.25, -0.2) is 10.2 Å². The predicted molar refractivity (Wildman–Crippen MR) is 61.9 cm³/mol. The maximum atomic E-state index is 11.3. The smallest absolute Gasteiger partial charge is 0.329 e. The molecular weight excluding hydrogens is 224 g/mol. The first-order valence-electron chi connectivity index (χ1n) is 4.93. The first kappa shape index (κ1) is 13.3. The van der Waals surface area contributed by atoms with Crippen LogP contribution in [0.1, 0.15) is 12.5 Å². The van der Waals surface area contributed by atoms with Gasteiger partial charge >= 0.3 is 5.97 Å². The molecule has 1 atom stereocenters. The molecule has 94 valence electrons. The number of methoxy groups -OCH3 is 2. The monoisotopic (exact) mass is 240 g/mol. The largest absolute Gasteiger partial charge is 0.497 e. The molecule has 0 bridgehead atoms. The Bertz CT molecular complexity index is 422. The maximum absolute atomic E-state index is 11.3. The van der Waals surface area contributed by atoms with Crippen molar-refractivity contribution in [3.05, 3.63) is 23.8 Å². The first-order valence-corrected chi connectivity index (χ1v) is 4.93. The topological polar surface area (TPSA) is 93.8 Å². The molecule has 0 aromatic heterocycles. The van der Waals surface area contributed by atoms with Gasteiger partial charge in [0.05, 0.1) is 14.2 Å². The summed E-state index contributed by atoms with van der Waals surface area (Å²) >= 11 is 0. The number of nitrogens with two attached hydrogens (primary N) is 1. The number of hydrogen-bond donors (Lipinski definition) is 3. The van der Waals surface area contributed by atoms with Crippen LogP contribution in [0.4, 0.5) is 0 Å². The van der Waals surface area contributed by atoms with Gasteiger partial charge in [0.1, 0.15) is 11.5 Å². The zero-order valence-corrected chi connectivity index (χ0v) is 9.98. The number of ether oxygens (including phenoxy) is 2. The van der Waals surface area contributed by atoms with Crippen molar-refractivity contribution in [3.63, 3.8) is 0 Å². The van der Waals surface area contributed by atoms with Crippen LogP contribution in [0.15, 0.2) is 18.2 Å². The Labute approximate surface area is 99.3 Å². The highest BCUT2D eigenvalue weighted by atomic mass is 16.5. The number of carboxylic acids is 1. The molecule has 1 rings (SSSR count). The Morgan fingerprint density at radius 2 is 2.06 bits per heavy atom. The minimum Gasteiger partial charge on any atom is -0.497 e. The second kappa shape index (κ2) is 5.03. The fourth-order valence-corrected chi connectivity index (χ4v) is 1.46. The van der Waals surface area contributed by atoms with Gasteiger partial charge in [-0.3, -0.25) is 5.84 Å². The zero-order valence-electron chi connectivity index (χ0n) is 9.98. The molecule has 0 aliphatic carbocycles. The van der Waals surface area contributed by atoms with Gasteiger partial charge in [-0.05, 0) is 25.1 Å². The van der Waals surface area contributed by atoms with Crippen LogP contribution >= 0.6 is 0 Å². The average molecular weight is 240 g/mol. The van der Waals surface area contributed by atoms with Gasteiger partial charge in [-0.15, -0.1) is 0 Å². The number of hydrazine groups is 1. The normalized spacial score (nSPS) is 13.9. The fraction of sp³-hybridized carbons (Fsp3) is 0.364. The van der Waals surface area contributed by atoms with Crippen LogP contribution in [-0.4, -0.2) is 25.3 Å².